The first-order valence-corrected chi connectivity index (χ1v) is 7.84. The summed E-state index contributed by atoms with van der Waals surface area (Å²) in [6, 6.07) is 8.67. The van der Waals surface area contributed by atoms with Gasteiger partial charge in [0, 0.05) is 19.1 Å². The lowest BCUT2D eigenvalue weighted by Gasteiger charge is -2.32. The van der Waals surface area contributed by atoms with Gasteiger partial charge in [-0.25, -0.2) is 8.42 Å². The van der Waals surface area contributed by atoms with Gasteiger partial charge in [-0.3, -0.25) is 4.90 Å². The Balaban J connectivity index is 2.04. The summed E-state index contributed by atoms with van der Waals surface area (Å²) in [5, 5.41) is 0. The summed E-state index contributed by atoms with van der Waals surface area (Å²) in [4.78, 5) is 2.58. The van der Waals surface area contributed by atoms with Gasteiger partial charge >= 0.3 is 0 Å². The molecule has 0 aromatic heterocycles. The van der Waals surface area contributed by atoms with Crippen LogP contribution in [0.3, 0.4) is 0 Å². The molecule has 100 valence electrons. The lowest BCUT2D eigenvalue weighted by molar-refractivity contribution is 0.0243. The maximum Gasteiger partial charge on any atom is 0.179 e. The Morgan fingerprint density at radius 2 is 1.83 bits per heavy atom. The molecule has 1 saturated heterocycles. The number of hydrogen-bond acceptors (Lipinski definition) is 4. The number of benzene rings is 1. The van der Waals surface area contributed by atoms with E-state index < -0.39 is 9.84 Å². The molecule has 1 aromatic carbocycles. The first-order valence-electron chi connectivity index (χ1n) is 6.19. The predicted octanol–water partition coefficient (Wildman–Crippen LogP) is 1.18. The fourth-order valence-electron chi connectivity index (χ4n) is 2.17. The van der Waals surface area contributed by atoms with Crippen LogP contribution in [0.1, 0.15) is 6.92 Å². The van der Waals surface area contributed by atoms with Crippen LogP contribution in [-0.4, -0.2) is 51.4 Å². The average Bonchev–Trinajstić information content (AvgIpc) is 2.40. The largest absolute Gasteiger partial charge is 0.379 e. The fourth-order valence-corrected chi connectivity index (χ4v) is 3.78. The molecular weight excluding hydrogens is 250 g/mol. The maximum absolute atomic E-state index is 12.2. The highest BCUT2D eigenvalue weighted by Gasteiger charge is 2.23. The van der Waals surface area contributed by atoms with E-state index in [2.05, 4.69) is 4.90 Å². The minimum atomic E-state index is -3.19. The Morgan fingerprint density at radius 3 is 2.44 bits per heavy atom. The van der Waals surface area contributed by atoms with Gasteiger partial charge in [-0.2, -0.15) is 0 Å². The molecule has 1 aliphatic rings. The molecule has 0 spiro atoms. The number of rotatable bonds is 4. The zero-order chi connectivity index (χ0) is 13.0. The Morgan fingerprint density at radius 1 is 1.22 bits per heavy atom. The van der Waals surface area contributed by atoms with Crippen molar-refractivity contribution in [2.75, 3.05) is 32.1 Å². The van der Waals surface area contributed by atoms with Crippen molar-refractivity contribution >= 4 is 9.84 Å². The fraction of sp³-hybridized carbons (Fsp3) is 0.538. The first-order chi connectivity index (χ1) is 8.59. The number of morpholine rings is 1. The summed E-state index contributed by atoms with van der Waals surface area (Å²) < 4.78 is 29.7. The zero-order valence-corrected chi connectivity index (χ0v) is 11.4. The van der Waals surface area contributed by atoms with Gasteiger partial charge in [0.15, 0.2) is 9.84 Å². The van der Waals surface area contributed by atoms with Crippen LogP contribution >= 0.6 is 0 Å². The van der Waals surface area contributed by atoms with Crippen LogP contribution in [0.4, 0.5) is 0 Å². The normalized spacial score (nSPS) is 19.6. The molecule has 1 aromatic rings. The van der Waals surface area contributed by atoms with Gasteiger partial charge in [-0.15, -0.1) is 0 Å². The monoisotopic (exact) mass is 269 g/mol. The third kappa shape index (κ3) is 3.31. The van der Waals surface area contributed by atoms with Gasteiger partial charge in [-0.1, -0.05) is 18.2 Å². The zero-order valence-electron chi connectivity index (χ0n) is 10.6. The first kappa shape index (κ1) is 13.5. The molecule has 0 N–H and O–H groups in total. The summed E-state index contributed by atoms with van der Waals surface area (Å²) in [7, 11) is -3.19. The summed E-state index contributed by atoms with van der Waals surface area (Å²) in [6.07, 6.45) is 0. The van der Waals surface area contributed by atoms with Crippen LogP contribution in [0.5, 0.6) is 0 Å². The topological polar surface area (TPSA) is 46.6 Å². The van der Waals surface area contributed by atoms with Crippen molar-refractivity contribution in [2.45, 2.75) is 17.9 Å². The molecule has 1 unspecified atom stereocenters. The summed E-state index contributed by atoms with van der Waals surface area (Å²) in [6.45, 7) is 4.97. The van der Waals surface area contributed by atoms with E-state index in [0.717, 1.165) is 13.1 Å². The molecule has 0 bridgehead atoms. The molecule has 5 heteroatoms. The van der Waals surface area contributed by atoms with Crippen molar-refractivity contribution in [1.29, 1.82) is 0 Å². The van der Waals surface area contributed by atoms with Crippen LogP contribution in [0.2, 0.25) is 0 Å². The van der Waals surface area contributed by atoms with E-state index in [1.165, 1.54) is 0 Å². The smallest absolute Gasteiger partial charge is 0.179 e. The maximum atomic E-state index is 12.2. The number of sulfone groups is 1. The van der Waals surface area contributed by atoms with E-state index in [9.17, 15) is 8.42 Å². The van der Waals surface area contributed by atoms with E-state index in [1.54, 1.807) is 24.3 Å². The van der Waals surface area contributed by atoms with Gasteiger partial charge in [0.05, 0.1) is 23.9 Å². The Kier molecular flexibility index (Phi) is 4.37. The van der Waals surface area contributed by atoms with Crippen molar-refractivity contribution in [3.8, 4) is 0 Å². The molecule has 1 heterocycles. The van der Waals surface area contributed by atoms with Crippen LogP contribution < -0.4 is 0 Å². The standard InChI is InChI=1S/C13H19NO3S/c1-12(14-7-9-17-10-8-14)11-18(15,16)13-5-3-2-4-6-13/h2-6,12H,7-11H2,1H3. The van der Waals surface area contributed by atoms with E-state index in [-0.39, 0.29) is 11.8 Å². The molecule has 4 nitrogen and oxygen atoms in total. The predicted molar refractivity (Wildman–Crippen MR) is 70.3 cm³/mol. The average molecular weight is 269 g/mol. The van der Waals surface area contributed by atoms with Gasteiger partial charge in [0.1, 0.15) is 0 Å². The second-order valence-electron chi connectivity index (χ2n) is 4.59. The SMILES string of the molecule is CC(CS(=O)(=O)c1ccccc1)N1CCOCC1. The summed E-state index contributed by atoms with van der Waals surface area (Å²) in [5.41, 5.74) is 0. The molecule has 2 rings (SSSR count). The highest BCUT2D eigenvalue weighted by Crippen LogP contribution is 2.14. The molecule has 0 saturated carbocycles. The second kappa shape index (κ2) is 5.82. The van der Waals surface area contributed by atoms with E-state index >= 15 is 0 Å². The number of ether oxygens (including phenoxy) is 1. The molecule has 0 amide bonds. The third-order valence-electron chi connectivity index (χ3n) is 3.23. The molecular formula is C13H19NO3S. The molecule has 1 aliphatic heterocycles. The minimum Gasteiger partial charge on any atom is -0.379 e. The summed E-state index contributed by atoms with van der Waals surface area (Å²) in [5.74, 6) is 0.164. The highest BCUT2D eigenvalue weighted by atomic mass is 32.2. The van der Waals surface area contributed by atoms with Gasteiger partial charge in [-0.05, 0) is 19.1 Å². The highest BCUT2D eigenvalue weighted by molar-refractivity contribution is 7.91. The van der Waals surface area contributed by atoms with Crippen LogP contribution in [-0.2, 0) is 14.6 Å². The van der Waals surface area contributed by atoms with Gasteiger partial charge in [0.25, 0.3) is 0 Å². The van der Waals surface area contributed by atoms with Crippen molar-refractivity contribution in [1.82, 2.24) is 4.90 Å². The second-order valence-corrected chi connectivity index (χ2v) is 6.63. The minimum absolute atomic E-state index is 0.0270. The Labute approximate surface area is 108 Å². The molecule has 0 aliphatic carbocycles. The van der Waals surface area contributed by atoms with Crippen molar-refractivity contribution in [2.24, 2.45) is 0 Å². The van der Waals surface area contributed by atoms with Crippen molar-refractivity contribution in [3.63, 3.8) is 0 Å². The van der Waals surface area contributed by atoms with Gasteiger partial charge < -0.3 is 4.74 Å². The van der Waals surface area contributed by atoms with Crippen LogP contribution in [0.25, 0.3) is 0 Å². The quantitative estimate of drug-likeness (QED) is 0.823. The third-order valence-corrected chi connectivity index (χ3v) is 5.14. The van der Waals surface area contributed by atoms with Crippen molar-refractivity contribution < 1.29 is 13.2 Å². The van der Waals surface area contributed by atoms with E-state index in [1.807, 2.05) is 13.0 Å². The van der Waals surface area contributed by atoms with E-state index in [4.69, 9.17) is 4.74 Å². The lowest BCUT2D eigenvalue weighted by Crippen LogP contribution is -2.45. The summed E-state index contributed by atoms with van der Waals surface area (Å²) >= 11 is 0. The van der Waals surface area contributed by atoms with Crippen molar-refractivity contribution in [3.05, 3.63) is 30.3 Å². The van der Waals surface area contributed by atoms with E-state index in [0.29, 0.717) is 18.1 Å². The molecule has 1 atom stereocenters. The van der Waals surface area contributed by atoms with Gasteiger partial charge in [0.2, 0.25) is 0 Å². The van der Waals surface area contributed by atoms with Crippen LogP contribution in [0, 0.1) is 0 Å². The molecule has 0 radical (unpaired) electrons. The number of hydrogen-bond donors (Lipinski definition) is 0. The number of nitrogens with zero attached hydrogens (tertiary/aromatic N) is 1. The molecule has 18 heavy (non-hydrogen) atoms. The Bertz CT molecular complexity index is 466. The lowest BCUT2D eigenvalue weighted by atomic mass is 10.3. The van der Waals surface area contributed by atoms with Crippen LogP contribution in [0.15, 0.2) is 35.2 Å². The Hall–Kier alpha value is -0.910. The molecule has 1 fully saturated rings.